The Morgan fingerprint density at radius 2 is 1.74 bits per heavy atom. The van der Waals surface area contributed by atoms with E-state index in [1.165, 1.54) is 12.1 Å². The van der Waals surface area contributed by atoms with Crippen LogP contribution < -0.4 is 10.4 Å². The fourth-order valence-electron chi connectivity index (χ4n) is 3.40. The first kappa shape index (κ1) is 22.3. The summed E-state index contributed by atoms with van der Waals surface area (Å²) in [7, 11) is 0. The van der Waals surface area contributed by atoms with E-state index in [1.807, 2.05) is 0 Å². The fraction of sp³-hybridized carbons (Fsp3) is 0.375. The van der Waals surface area contributed by atoms with Gasteiger partial charge in [-0.15, -0.1) is 0 Å². The predicted octanol–water partition coefficient (Wildman–Crippen LogP) is 4.39. The Balaban J connectivity index is 2.22. The van der Waals surface area contributed by atoms with Gasteiger partial charge in [0.1, 0.15) is 16.9 Å². The molecule has 2 heterocycles. The molecule has 1 aromatic heterocycles. The minimum absolute atomic E-state index is 0.222. The number of ether oxygens (including phenoxy) is 3. The first-order chi connectivity index (χ1) is 14.5. The van der Waals surface area contributed by atoms with Crippen LogP contribution in [0, 0.1) is 0 Å². The lowest BCUT2D eigenvalue weighted by molar-refractivity contribution is -0.185. The quantitative estimate of drug-likeness (QED) is 0.407. The van der Waals surface area contributed by atoms with Crippen molar-refractivity contribution in [3.63, 3.8) is 0 Å². The van der Waals surface area contributed by atoms with Gasteiger partial charge in [0, 0.05) is 23.1 Å². The summed E-state index contributed by atoms with van der Waals surface area (Å²) in [6.45, 7) is 10.4. The van der Waals surface area contributed by atoms with Gasteiger partial charge in [0.2, 0.25) is 0 Å². The van der Waals surface area contributed by atoms with Crippen molar-refractivity contribution in [2.75, 3.05) is 0 Å². The molecule has 0 aliphatic carbocycles. The fourth-order valence-corrected chi connectivity index (χ4v) is 3.40. The number of esters is 2. The number of carbonyl (C=O) groups is 2. The molecule has 0 saturated carbocycles. The van der Waals surface area contributed by atoms with Crippen LogP contribution in [0.5, 0.6) is 5.75 Å². The summed E-state index contributed by atoms with van der Waals surface area (Å²) >= 11 is 0. The molecule has 0 spiro atoms. The summed E-state index contributed by atoms with van der Waals surface area (Å²) in [5.74, 6) is -0.776. The van der Waals surface area contributed by atoms with Crippen LogP contribution in [0.1, 0.15) is 53.2 Å². The third-order valence-electron chi connectivity index (χ3n) is 5.04. The topological polar surface area (TPSA) is 92.0 Å². The molecular formula is C24H26O7. The maximum atomic E-state index is 12.6. The van der Waals surface area contributed by atoms with E-state index in [1.54, 1.807) is 65.8 Å². The highest BCUT2D eigenvalue weighted by Gasteiger charge is 2.50. The molecule has 3 rings (SSSR count). The van der Waals surface area contributed by atoms with E-state index >= 15 is 0 Å². The van der Waals surface area contributed by atoms with E-state index in [4.69, 9.17) is 18.6 Å². The van der Waals surface area contributed by atoms with E-state index < -0.39 is 35.4 Å². The lowest BCUT2D eigenvalue weighted by Gasteiger charge is -2.43. The number of allylic oxidation sites excluding steroid dienone is 2. The van der Waals surface area contributed by atoms with Gasteiger partial charge in [0.15, 0.2) is 12.2 Å². The van der Waals surface area contributed by atoms with Gasteiger partial charge < -0.3 is 18.6 Å². The van der Waals surface area contributed by atoms with Gasteiger partial charge in [-0.3, -0.25) is 0 Å². The van der Waals surface area contributed by atoms with Gasteiger partial charge in [0.25, 0.3) is 0 Å². The maximum absolute atomic E-state index is 12.6. The minimum atomic E-state index is -1.05. The van der Waals surface area contributed by atoms with Crippen LogP contribution in [0.4, 0.5) is 0 Å². The first-order valence-corrected chi connectivity index (χ1v) is 9.98. The van der Waals surface area contributed by atoms with Crippen LogP contribution in [-0.4, -0.2) is 23.6 Å². The molecule has 0 unspecified atom stereocenters. The number of rotatable bonds is 4. The van der Waals surface area contributed by atoms with Gasteiger partial charge >= 0.3 is 17.6 Å². The third kappa shape index (κ3) is 4.55. The summed E-state index contributed by atoms with van der Waals surface area (Å²) in [6, 6.07) is 6.38. The molecule has 2 aromatic rings. The average molecular weight is 426 g/mol. The molecule has 1 aromatic carbocycles. The van der Waals surface area contributed by atoms with Crippen molar-refractivity contribution < 1.29 is 28.2 Å². The van der Waals surface area contributed by atoms with Crippen LogP contribution in [0.3, 0.4) is 0 Å². The van der Waals surface area contributed by atoms with E-state index in [2.05, 4.69) is 0 Å². The van der Waals surface area contributed by atoms with Gasteiger partial charge in [-0.25, -0.2) is 14.4 Å². The summed E-state index contributed by atoms with van der Waals surface area (Å²) in [6.07, 6.45) is 0.934. The molecule has 0 fully saturated rings. The Morgan fingerprint density at radius 3 is 2.39 bits per heavy atom. The molecule has 31 heavy (non-hydrogen) atoms. The van der Waals surface area contributed by atoms with Crippen molar-refractivity contribution >= 4 is 22.9 Å². The van der Waals surface area contributed by atoms with Crippen molar-refractivity contribution in [3.05, 3.63) is 63.5 Å². The lowest BCUT2D eigenvalue weighted by Crippen LogP contribution is -2.52. The Labute approximate surface area is 180 Å². The normalized spacial score (nSPS) is 19.7. The molecular weight excluding hydrogens is 400 g/mol. The Morgan fingerprint density at radius 1 is 1.06 bits per heavy atom. The van der Waals surface area contributed by atoms with Crippen molar-refractivity contribution in [2.24, 2.45) is 0 Å². The zero-order valence-corrected chi connectivity index (χ0v) is 18.5. The monoisotopic (exact) mass is 426 g/mol. The average Bonchev–Trinajstić information content (AvgIpc) is 2.68. The van der Waals surface area contributed by atoms with Crippen molar-refractivity contribution in [1.29, 1.82) is 0 Å². The molecule has 2 atom stereocenters. The Bertz CT molecular complexity index is 1150. The minimum Gasteiger partial charge on any atom is -0.483 e. The predicted molar refractivity (Wildman–Crippen MR) is 115 cm³/mol. The second-order valence-electron chi connectivity index (χ2n) is 8.23. The SMILES string of the molecule is C/C=C(\C)C(=O)O[C@H]1[C@@H](OC(=O)C=C(C)C)c2c(ccc3ccc(=O)oc23)OC1(C)C. The smallest absolute Gasteiger partial charge is 0.336 e. The molecule has 0 radical (unpaired) electrons. The van der Waals surface area contributed by atoms with Crippen LogP contribution in [0.25, 0.3) is 11.0 Å². The van der Waals surface area contributed by atoms with Crippen LogP contribution in [-0.2, 0) is 19.1 Å². The highest BCUT2D eigenvalue weighted by atomic mass is 16.6. The lowest BCUT2D eigenvalue weighted by atomic mass is 9.87. The van der Waals surface area contributed by atoms with Gasteiger partial charge in [-0.05, 0) is 59.7 Å². The van der Waals surface area contributed by atoms with Crippen LogP contribution >= 0.6 is 0 Å². The second kappa shape index (κ2) is 8.41. The first-order valence-electron chi connectivity index (χ1n) is 9.98. The van der Waals surface area contributed by atoms with Gasteiger partial charge in [0.05, 0.1) is 5.56 Å². The van der Waals surface area contributed by atoms with Crippen molar-refractivity contribution in [2.45, 2.75) is 59.4 Å². The standard InChI is InChI=1S/C24H26O7/c1-7-14(4)23(27)30-22-21(29-18(26)12-13(2)3)19-16(31-24(22,5)6)10-8-15-9-11-17(25)28-20(15)19/h7-12,21-22H,1-6H3/b14-7+/t21-,22-/m0/s1. The summed E-state index contributed by atoms with van der Waals surface area (Å²) in [5, 5.41) is 0.625. The zero-order valence-electron chi connectivity index (χ0n) is 18.5. The van der Waals surface area contributed by atoms with Crippen molar-refractivity contribution in [1.82, 2.24) is 0 Å². The highest BCUT2D eigenvalue weighted by molar-refractivity contribution is 5.88. The van der Waals surface area contributed by atoms with E-state index in [0.29, 0.717) is 22.3 Å². The number of hydrogen-bond acceptors (Lipinski definition) is 7. The number of hydrogen-bond donors (Lipinski definition) is 0. The van der Waals surface area contributed by atoms with E-state index in [9.17, 15) is 14.4 Å². The van der Waals surface area contributed by atoms with Crippen molar-refractivity contribution in [3.8, 4) is 5.75 Å². The second-order valence-corrected chi connectivity index (χ2v) is 8.23. The molecule has 164 valence electrons. The maximum Gasteiger partial charge on any atom is 0.336 e. The molecule has 0 saturated heterocycles. The summed E-state index contributed by atoms with van der Waals surface area (Å²) in [4.78, 5) is 37.1. The van der Waals surface area contributed by atoms with Gasteiger partial charge in [-0.1, -0.05) is 11.6 Å². The largest absolute Gasteiger partial charge is 0.483 e. The molecule has 1 aliphatic heterocycles. The molecule has 7 heteroatoms. The van der Waals surface area contributed by atoms with E-state index in [0.717, 1.165) is 5.57 Å². The number of fused-ring (bicyclic) bond motifs is 3. The third-order valence-corrected chi connectivity index (χ3v) is 5.04. The molecule has 0 N–H and O–H groups in total. The number of benzene rings is 1. The summed E-state index contributed by atoms with van der Waals surface area (Å²) < 4.78 is 23.1. The number of carbonyl (C=O) groups excluding carboxylic acids is 2. The molecule has 7 nitrogen and oxygen atoms in total. The highest BCUT2D eigenvalue weighted by Crippen LogP contribution is 2.46. The van der Waals surface area contributed by atoms with Crippen LogP contribution in [0.15, 0.2) is 56.8 Å². The molecule has 0 amide bonds. The molecule has 0 bridgehead atoms. The van der Waals surface area contributed by atoms with E-state index in [-0.39, 0.29) is 5.58 Å². The van der Waals surface area contributed by atoms with Gasteiger partial charge in [-0.2, -0.15) is 0 Å². The van der Waals surface area contributed by atoms with Crippen LogP contribution in [0.2, 0.25) is 0 Å². The Hall–Kier alpha value is -3.35. The summed E-state index contributed by atoms with van der Waals surface area (Å²) in [5.41, 5.74) is 0.133. The molecule has 1 aliphatic rings. The Kier molecular flexibility index (Phi) is 6.06. The zero-order chi connectivity index (χ0) is 22.9.